The fraction of sp³-hybridized carbons (Fsp3) is 0.500. The topological polar surface area (TPSA) is 70.2 Å². The van der Waals surface area contributed by atoms with Crippen LogP contribution in [-0.4, -0.2) is 38.0 Å². The van der Waals surface area contributed by atoms with E-state index in [1.165, 1.54) is 0 Å². The summed E-state index contributed by atoms with van der Waals surface area (Å²) < 4.78 is 26.2. The molecule has 1 rings (SSSR count). The normalized spacial score (nSPS) is 9.96. The Morgan fingerprint density at radius 2 is 1.79 bits per heavy atom. The molecule has 0 aliphatic rings. The third kappa shape index (κ3) is 8.79. The Bertz CT molecular complexity index is 530. The summed E-state index contributed by atoms with van der Waals surface area (Å²) in [7, 11) is 0. The SMILES string of the molecule is CCCNCCNC(=O)CCCNC(=O)c1ccc(F)cc1F.Cl. The molecule has 1 aromatic carbocycles. The van der Waals surface area contributed by atoms with Crippen molar-refractivity contribution in [3.05, 3.63) is 35.4 Å². The van der Waals surface area contributed by atoms with Gasteiger partial charge in [-0.05, 0) is 31.5 Å². The number of hydrogen-bond donors (Lipinski definition) is 3. The molecular weight excluding hydrogens is 340 g/mol. The lowest BCUT2D eigenvalue weighted by Crippen LogP contribution is -2.32. The van der Waals surface area contributed by atoms with Crippen molar-refractivity contribution in [1.82, 2.24) is 16.0 Å². The quantitative estimate of drug-likeness (QED) is 0.557. The van der Waals surface area contributed by atoms with Crippen molar-refractivity contribution in [2.75, 3.05) is 26.2 Å². The molecule has 136 valence electrons. The summed E-state index contributed by atoms with van der Waals surface area (Å²) in [5.74, 6) is -2.35. The van der Waals surface area contributed by atoms with E-state index in [9.17, 15) is 18.4 Å². The molecule has 0 saturated heterocycles. The average Bonchev–Trinajstić information content (AvgIpc) is 2.51. The van der Waals surface area contributed by atoms with Crippen molar-refractivity contribution >= 4 is 24.2 Å². The average molecular weight is 364 g/mol. The number of nitrogens with one attached hydrogen (secondary N) is 3. The van der Waals surface area contributed by atoms with Crippen LogP contribution in [0.1, 0.15) is 36.5 Å². The van der Waals surface area contributed by atoms with Gasteiger partial charge in [-0.2, -0.15) is 0 Å². The zero-order chi connectivity index (χ0) is 17.1. The Morgan fingerprint density at radius 3 is 2.46 bits per heavy atom. The number of benzene rings is 1. The van der Waals surface area contributed by atoms with Crippen molar-refractivity contribution in [3.8, 4) is 0 Å². The Balaban J connectivity index is 0.00000529. The van der Waals surface area contributed by atoms with Crippen LogP contribution in [0.5, 0.6) is 0 Å². The van der Waals surface area contributed by atoms with Crippen LogP contribution in [0.25, 0.3) is 0 Å². The minimum absolute atomic E-state index is 0. The summed E-state index contributed by atoms with van der Waals surface area (Å²) in [6.45, 7) is 4.52. The maximum atomic E-state index is 13.4. The molecule has 0 unspecified atom stereocenters. The van der Waals surface area contributed by atoms with Crippen molar-refractivity contribution in [1.29, 1.82) is 0 Å². The monoisotopic (exact) mass is 363 g/mol. The van der Waals surface area contributed by atoms with Gasteiger partial charge in [0.25, 0.3) is 5.91 Å². The molecule has 0 saturated carbocycles. The Hall–Kier alpha value is -1.73. The van der Waals surface area contributed by atoms with Gasteiger partial charge in [0.15, 0.2) is 0 Å². The van der Waals surface area contributed by atoms with Crippen LogP contribution >= 0.6 is 12.4 Å². The molecule has 0 atom stereocenters. The largest absolute Gasteiger partial charge is 0.355 e. The maximum Gasteiger partial charge on any atom is 0.254 e. The van der Waals surface area contributed by atoms with Gasteiger partial charge >= 0.3 is 0 Å². The van der Waals surface area contributed by atoms with E-state index >= 15 is 0 Å². The van der Waals surface area contributed by atoms with Gasteiger partial charge in [-0.1, -0.05) is 6.92 Å². The highest BCUT2D eigenvalue weighted by Gasteiger charge is 2.11. The highest BCUT2D eigenvalue weighted by Crippen LogP contribution is 2.09. The Kier molecular flexibility index (Phi) is 11.8. The first-order valence-corrected chi connectivity index (χ1v) is 7.75. The van der Waals surface area contributed by atoms with Gasteiger partial charge in [-0.15, -0.1) is 12.4 Å². The molecule has 5 nitrogen and oxygen atoms in total. The first kappa shape index (κ1) is 22.3. The second kappa shape index (κ2) is 12.7. The van der Waals surface area contributed by atoms with E-state index in [2.05, 4.69) is 22.9 Å². The molecule has 1 aromatic rings. The number of carbonyl (C=O) groups excluding carboxylic acids is 2. The summed E-state index contributed by atoms with van der Waals surface area (Å²) in [5.41, 5.74) is -0.210. The first-order chi connectivity index (χ1) is 11.0. The van der Waals surface area contributed by atoms with Crippen LogP contribution in [0.2, 0.25) is 0 Å². The van der Waals surface area contributed by atoms with E-state index in [0.717, 1.165) is 31.6 Å². The number of amides is 2. The summed E-state index contributed by atoms with van der Waals surface area (Å²) >= 11 is 0. The smallest absolute Gasteiger partial charge is 0.254 e. The van der Waals surface area contributed by atoms with Gasteiger partial charge in [-0.25, -0.2) is 8.78 Å². The van der Waals surface area contributed by atoms with Gasteiger partial charge in [-0.3, -0.25) is 9.59 Å². The van der Waals surface area contributed by atoms with Crippen LogP contribution in [0, 0.1) is 11.6 Å². The highest BCUT2D eigenvalue weighted by molar-refractivity contribution is 5.94. The van der Waals surface area contributed by atoms with Crippen LogP contribution in [0.3, 0.4) is 0 Å². The number of rotatable bonds is 10. The van der Waals surface area contributed by atoms with Crippen molar-refractivity contribution in [3.63, 3.8) is 0 Å². The van der Waals surface area contributed by atoms with E-state index < -0.39 is 17.5 Å². The lowest BCUT2D eigenvalue weighted by Gasteiger charge is -2.07. The van der Waals surface area contributed by atoms with E-state index in [0.29, 0.717) is 19.0 Å². The summed E-state index contributed by atoms with van der Waals surface area (Å²) in [5, 5.41) is 8.43. The van der Waals surface area contributed by atoms with E-state index in [4.69, 9.17) is 0 Å². The van der Waals surface area contributed by atoms with Gasteiger partial charge in [0.05, 0.1) is 5.56 Å². The first-order valence-electron chi connectivity index (χ1n) is 7.75. The number of hydrogen-bond acceptors (Lipinski definition) is 3. The number of halogens is 3. The molecule has 0 heterocycles. The van der Waals surface area contributed by atoms with E-state index in [1.807, 2.05) is 0 Å². The Labute approximate surface area is 147 Å². The molecule has 3 N–H and O–H groups in total. The highest BCUT2D eigenvalue weighted by atomic mass is 35.5. The molecular formula is C16H24ClF2N3O2. The van der Waals surface area contributed by atoms with Gasteiger partial charge in [0, 0.05) is 32.1 Å². The summed E-state index contributed by atoms with van der Waals surface area (Å²) in [6.07, 6.45) is 1.77. The molecule has 0 fully saturated rings. The molecule has 0 radical (unpaired) electrons. The van der Waals surface area contributed by atoms with Gasteiger partial charge < -0.3 is 16.0 Å². The molecule has 0 spiro atoms. The van der Waals surface area contributed by atoms with Crippen LogP contribution in [0.4, 0.5) is 8.78 Å². The van der Waals surface area contributed by atoms with Crippen LogP contribution in [0.15, 0.2) is 18.2 Å². The van der Waals surface area contributed by atoms with Crippen molar-refractivity contribution in [2.45, 2.75) is 26.2 Å². The summed E-state index contributed by atoms with van der Waals surface area (Å²) in [4.78, 5) is 23.2. The summed E-state index contributed by atoms with van der Waals surface area (Å²) in [6, 6.07) is 2.78. The predicted octanol–water partition coefficient (Wildman–Crippen LogP) is 2.01. The minimum Gasteiger partial charge on any atom is -0.355 e. The van der Waals surface area contributed by atoms with E-state index in [1.54, 1.807) is 0 Å². The lowest BCUT2D eigenvalue weighted by atomic mass is 10.2. The second-order valence-electron chi connectivity index (χ2n) is 5.08. The second-order valence-corrected chi connectivity index (χ2v) is 5.08. The molecule has 0 aliphatic carbocycles. The molecule has 0 bridgehead atoms. The molecule has 0 aromatic heterocycles. The zero-order valence-corrected chi connectivity index (χ0v) is 14.5. The predicted molar refractivity (Wildman–Crippen MR) is 91.3 cm³/mol. The fourth-order valence-electron chi connectivity index (χ4n) is 1.90. The molecule has 24 heavy (non-hydrogen) atoms. The van der Waals surface area contributed by atoms with Gasteiger partial charge in [0.1, 0.15) is 11.6 Å². The molecule has 0 aliphatic heterocycles. The minimum atomic E-state index is -0.903. The maximum absolute atomic E-state index is 13.4. The Morgan fingerprint density at radius 1 is 1.04 bits per heavy atom. The molecule has 2 amide bonds. The lowest BCUT2D eigenvalue weighted by molar-refractivity contribution is -0.121. The third-order valence-corrected chi connectivity index (χ3v) is 3.09. The molecule has 8 heteroatoms. The van der Waals surface area contributed by atoms with Crippen molar-refractivity contribution < 1.29 is 18.4 Å². The van der Waals surface area contributed by atoms with E-state index in [-0.39, 0.29) is 36.8 Å². The van der Waals surface area contributed by atoms with Crippen LogP contribution < -0.4 is 16.0 Å². The van der Waals surface area contributed by atoms with Gasteiger partial charge in [0.2, 0.25) is 5.91 Å². The standard InChI is InChI=1S/C16H23F2N3O2.ClH/c1-2-7-19-9-10-20-15(22)4-3-8-21-16(23)13-6-5-12(17)11-14(13)18;/h5-6,11,19H,2-4,7-10H2,1H3,(H,20,22)(H,21,23);1H. The third-order valence-electron chi connectivity index (χ3n) is 3.09. The fourth-order valence-corrected chi connectivity index (χ4v) is 1.90. The number of carbonyl (C=O) groups is 2. The van der Waals surface area contributed by atoms with Crippen LogP contribution in [-0.2, 0) is 4.79 Å². The van der Waals surface area contributed by atoms with Crippen molar-refractivity contribution in [2.24, 2.45) is 0 Å². The zero-order valence-electron chi connectivity index (χ0n) is 13.7.